The van der Waals surface area contributed by atoms with Crippen LogP contribution in [0.2, 0.25) is 0 Å². The van der Waals surface area contributed by atoms with Crippen molar-refractivity contribution in [2.24, 2.45) is 11.7 Å². The van der Waals surface area contributed by atoms with E-state index in [4.69, 9.17) is 11.1 Å². The van der Waals surface area contributed by atoms with Crippen LogP contribution in [0.4, 0.5) is 5.69 Å². The topological polar surface area (TPSA) is 169 Å². The third kappa shape index (κ3) is 6.62. The van der Waals surface area contributed by atoms with Crippen LogP contribution >= 0.6 is 0 Å². The highest BCUT2D eigenvalue weighted by Gasteiger charge is 2.25. The van der Waals surface area contributed by atoms with E-state index in [0.717, 1.165) is 19.1 Å². The van der Waals surface area contributed by atoms with Gasteiger partial charge in [0.15, 0.2) is 0 Å². The molecule has 3 aromatic rings. The first-order valence-electron chi connectivity index (χ1n) is 11.7. The van der Waals surface area contributed by atoms with Crippen LogP contribution in [0.1, 0.15) is 49.5 Å². The largest absolute Gasteiger partial charge is 0.384 e. The van der Waals surface area contributed by atoms with Gasteiger partial charge in [-0.2, -0.15) is 8.42 Å². The Labute approximate surface area is 219 Å². The summed E-state index contributed by atoms with van der Waals surface area (Å²) >= 11 is 0. The number of nitrogens with two attached hydrogens (primary N) is 1. The minimum absolute atomic E-state index is 0.105. The van der Waals surface area contributed by atoms with Gasteiger partial charge in [0.2, 0.25) is 0 Å². The summed E-state index contributed by atoms with van der Waals surface area (Å²) in [7, 11) is -4.15. The summed E-state index contributed by atoms with van der Waals surface area (Å²) in [5.74, 6) is -1.74. The van der Waals surface area contributed by atoms with Crippen molar-refractivity contribution in [2.45, 2.75) is 12.8 Å². The van der Waals surface area contributed by atoms with Crippen LogP contribution in [0.5, 0.6) is 0 Å². The lowest BCUT2D eigenvalue weighted by Gasteiger charge is -2.15. The molecule has 1 aliphatic carbocycles. The van der Waals surface area contributed by atoms with Crippen LogP contribution in [-0.2, 0) is 14.3 Å². The fourth-order valence-corrected chi connectivity index (χ4v) is 4.14. The summed E-state index contributed by atoms with van der Waals surface area (Å²) in [6.45, 7) is 0.514. The van der Waals surface area contributed by atoms with Gasteiger partial charge in [-0.05, 0) is 72.4 Å². The van der Waals surface area contributed by atoms with Gasteiger partial charge in [0.1, 0.15) is 5.84 Å². The number of nitrogen functional groups attached to an aromatic ring is 1. The van der Waals surface area contributed by atoms with E-state index in [9.17, 15) is 22.8 Å². The summed E-state index contributed by atoms with van der Waals surface area (Å²) < 4.78 is 28.0. The zero-order chi connectivity index (χ0) is 27.4. The fraction of sp³-hybridized carbons (Fsp3) is 0.185. The van der Waals surface area contributed by atoms with Gasteiger partial charge >= 0.3 is 16.1 Å². The molecule has 0 atom stereocenters. The molecule has 1 fully saturated rings. The normalized spacial score (nSPS) is 12.9. The molecule has 0 heterocycles. The molecular weight excluding hydrogens is 508 g/mol. The zero-order valence-electron chi connectivity index (χ0n) is 20.5. The molecule has 10 nitrogen and oxygen atoms in total. The number of benzene rings is 3. The van der Waals surface area contributed by atoms with Gasteiger partial charge in [-0.25, -0.2) is 4.79 Å². The van der Waals surface area contributed by atoms with Crippen LogP contribution in [0, 0.1) is 11.3 Å². The third-order valence-corrected chi connectivity index (χ3v) is 6.35. The smallest absolute Gasteiger partial charge is 0.354 e. The van der Waals surface area contributed by atoms with E-state index in [1.807, 2.05) is 0 Å². The van der Waals surface area contributed by atoms with Gasteiger partial charge in [0.05, 0.1) is 11.8 Å². The van der Waals surface area contributed by atoms with E-state index in [0.29, 0.717) is 29.3 Å². The molecule has 0 aliphatic heterocycles. The molecule has 0 spiro atoms. The van der Waals surface area contributed by atoms with Crippen molar-refractivity contribution in [2.75, 3.05) is 18.1 Å². The number of anilines is 1. The molecule has 0 unspecified atom stereocenters. The highest BCUT2D eigenvalue weighted by atomic mass is 32.2. The minimum atomic E-state index is -4.15. The van der Waals surface area contributed by atoms with Gasteiger partial charge in [-0.1, -0.05) is 24.3 Å². The Kier molecular flexibility index (Phi) is 7.58. The highest BCUT2D eigenvalue weighted by molar-refractivity contribution is 7.86. The Balaban J connectivity index is 1.70. The first-order chi connectivity index (χ1) is 18.0. The van der Waals surface area contributed by atoms with Gasteiger partial charge in [0.25, 0.3) is 11.8 Å². The zero-order valence-corrected chi connectivity index (χ0v) is 21.3. The van der Waals surface area contributed by atoms with Crippen LogP contribution in [0.3, 0.4) is 0 Å². The van der Waals surface area contributed by atoms with Gasteiger partial charge < -0.3 is 20.6 Å². The lowest BCUT2D eigenvalue weighted by molar-refractivity contribution is 0.0748. The van der Waals surface area contributed by atoms with Crippen LogP contribution in [0.15, 0.2) is 66.7 Å². The number of amidine groups is 1. The summed E-state index contributed by atoms with van der Waals surface area (Å²) in [6, 6.07) is 17.1. The molecule has 4 rings (SSSR count). The number of hydrogen-bond acceptors (Lipinski definition) is 7. The third-order valence-electron chi connectivity index (χ3n) is 5.89. The minimum Gasteiger partial charge on any atom is -0.384 e. The van der Waals surface area contributed by atoms with Gasteiger partial charge in [0, 0.05) is 28.9 Å². The second-order valence-corrected chi connectivity index (χ2v) is 10.6. The summed E-state index contributed by atoms with van der Waals surface area (Å²) in [4.78, 5) is 38.8. The fourth-order valence-electron chi connectivity index (χ4n) is 3.78. The van der Waals surface area contributed by atoms with Crippen molar-refractivity contribution in [1.29, 1.82) is 5.41 Å². The van der Waals surface area contributed by atoms with E-state index < -0.39 is 27.9 Å². The van der Waals surface area contributed by atoms with Crippen molar-refractivity contribution in [3.63, 3.8) is 0 Å². The Bertz CT molecular complexity index is 1530. The molecule has 11 heteroatoms. The van der Waals surface area contributed by atoms with Crippen LogP contribution in [0.25, 0.3) is 11.1 Å². The van der Waals surface area contributed by atoms with Crippen molar-refractivity contribution in [1.82, 2.24) is 5.32 Å². The molecule has 3 aromatic carbocycles. The standard InChI is InChI=1S/C27H26N4O6S/c1-38(35,36)37-27(34)23-14-18(25(32)30-15-16-6-7-16)10-13-21(23)20-4-2-3-5-22(20)26(33)31-19-11-8-17(9-12-19)24(28)29/h2-5,8-14,16H,6-7,15H2,1H3,(H3,28,29)(H,30,32)(H,31,33). The highest BCUT2D eigenvalue weighted by Crippen LogP contribution is 2.31. The molecule has 0 bridgehead atoms. The number of rotatable bonds is 9. The predicted molar refractivity (Wildman–Crippen MR) is 143 cm³/mol. The average Bonchev–Trinajstić information content (AvgIpc) is 3.71. The molecule has 0 aromatic heterocycles. The second kappa shape index (κ2) is 10.9. The first kappa shape index (κ1) is 26.6. The molecule has 0 saturated heterocycles. The maximum Gasteiger partial charge on any atom is 0.354 e. The molecule has 5 N–H and O–H groups in total. The Morgan fingerprint density at radius 2 is 1.55 bits per heavy atom. The van der Waals surface area contributed by atoms with Gasteiger partial charge in [-0.3, -0.25) is 15.0 Å². The quantitative estimate of drug-likeness (QED) is 0.186. The molecule has 1 saturated carbocycles. The lowest BCUT2D eigenvalue weighted by Crippen LogP contribution is -2.26. The van der Waals surface area contributed by atoms with Gasteiger partial charge in [-0.15, -0.1) is 0 Å². The van der Waals surface area contributed by atoms with E-state index in [1.54, 1.807) is 48.5 Å². The van der Waals surface area contributed by atoms with E-state index in [-0.39, 0.29) is 28.1 Å². The van der Waals surface area contributed by atoms with Crippen molar-refractivity contribution >= 4 is 39.4 Å². The van der Waals surface area contributed by atoms with Crippen molar-refractivity contribution in [3.8, 4) is 11.1 Å². The monoisotopic (exact) mass is 534 g/mol. The molecular formula is C27H26N4O6S. The Morgan fingerprint density at radius 1 is 0.921 bits per heavy atom. The number of amides is 2. The van der Waals surface area contributed by atoms with E-state index >= 15 is 0 Å². The molecule has 2 amide bonds. The number of carbonyl (C=O) groups is 3. The van der Waals surface area contributed by atoms with Crippen molar-refractivity contribution in [3.05, 3.63) is 89.0 Å². The second-order valence-electron chi connectivity index (χ2n) is 8.98. The molecule has 1 aliphatic rings. The van der Waals surface area contributed by atoms with E-state index in [2.05, 4.69) is 14.8 Å². The van der Waals surface area contributed by atoms with Crippen LogP contribution < -0.4 is 16.4 Å². The SMILES string of the molecule is CS(=O)(=O)OC(=O)c1cc(C(=O)NCC2CC2)ccc1-c1ccccc1C(=O)Nc1ccc(C(=N)N)cc1. The number of hydrogen-bond donors (Lipinski definition) is 4. The predicted octanol–water partition coefficient (Wildman–Crippen LogP) is 3.15. The Hall–Kier alpha value is -4.51. The summed E-state index contributed by atoms with van der Waals surface area (Å²) in [5, 5.41) is 13.1. The average molecular weight is 535 g/mol. The molecule has 0 radical (unpaired) electrons. The van der Waals surface area contributed by atoms with E-state index in [1.165, 1.54) is 18.2 Å². The molecule has 196 valence electrons. The summed E-state index contributed by atoms with van der Waals surface area (Å²) in [5.41, 5.74) is 7.15. The maximum absolute atomic E-state index is 13.2. The summed E-state index contributed by atoms with van der Waals surface area (Å²) in [6.07, 6.45) is 2.84. The Morgan fingerprint density at radius 3 is 2.18 bits per heavy atom. The maximum atomic E-state index is 13.2. The van der Waals surface area contributed by atoms with Crippen molar-refractivity contribution < 1.29 is 27.0 Å². The number of nitrogens with one attached hydrogen (secondary N) is 3. The molecule has 38 heavy (non-hydrogen) atoms. The lowest BCUT2D eigenvalue weighted by atomic mass is 9.93. The van der Waals surface area contributed by atoms with Crippen LogP contribution in [-0.4, -0.2) is 44.8 Å². The number of carbonyl (C=O) groups excluding carboxylic acids is 3. The first-order valence-corrected chi connectivity index (χ1v) is 13.5.